The van der Waals surface area contributed by atoms with Crippen LogP contribution in [-0.4, -0.2) is 37.3 Å². The van der Waals surface area contributed by atoms with Gasteiger partial charge in [0.05, 0.1) is 0 Å². The maximum atomic E-state index is 11.7. The van der Waals surface area contributed by atoms with E-state index in [4.69, 9.17) is 5.11 Å². The van der Waals surface area contributed by atoms with Crippen LogP contribution < -0.4 is 10.6 Å². The fourth-order valence-electron chi connectivity index (χ4n) is 3.52. The summed E-state index contributed by atoms with van der Waals surface area (Å²) in [5, 5.41) is 14.9. The van der Waals surface area contributed by atoms with E-state index in [1.54, 1.807) is 0 Å². The van der Waals surface area contributed by atoms with Crippen LogP contribution in [0.25, 0.3) is 0 Å². The molecule has 0 aliphatic heterocycles. The number of nitrogens with one attached hydrogen (secondary N) is 2. The second kappa shape index (κ2) is 24.4. The van der Waals surface area contributed by atoms with Gasteiger partial charge in [-0.05, 0) is 32.4 Å². The number of amides is 1. The molecule has 0 radical (unpaired) electrons. The first kappa shape index (κ1) is 27.4. The quantitative estimate of drug-likeness (QED) is 0.193. The third kappa shape index (κ3) is 23.4. The van der Waals surface area contributed by atoms with E-state index in [2.05, 4.69) is 17.6 Å². The zero-order valence-electron chi connectivity index (χ0n) is 18.9. The zero-order valence-corrected chi connectivity index (χ0v) is 18.9. The summed E-state index contributed by atoms with van der Waals surface area (Å²) < 4.78 is 0. The molecular weight excluding hydrogens is 348 g/mol. The van der Waals surface area contributed by atoms with E-state index >= 15 is 0 Å². The lowest BCUT2D eigenvalue weighted by Gasteiger charge is -2.06. The molecule has 4 heteroatoms. The molecule has 0 aromatic carbocycles. The fourth-order valence-corrected chi connectivity index (χ4v) is 3.52. The van der Waals surface area contributed by atoms with Crippen LogP contribution in [0.2, 0.25) is 0 Å². The molecule has 0 saturated carbocycles. The highest BCUT2D eigenvalue weighted by atomic mass is 16.3. The SMILES string of the molecule is CCCCCCCCCCCCCCCCCC(=O)NCCCNCCCO. The van der Waals surface area contributed by atoms with Crippen molar-refractivity contribution in [1.29, 1.82) is 0 Å². The van der Waals surface area contributed by atoms with Crippen LogP contribution in [0.1, 0.15) is 122 Å². The normalized spacial score (nSPS) is 11.1. The van der Waals surface area contributed by atoms with E-state index in [1.165, 1.54) is 89.9 Å². The molecule has 0 spiro atoms. The minimum atomic E-state index is 0.199. The number of rotatable bonds is 23. The van der Waals surface area contributed by atoms with Crippen molar-refractivity contribution in [3.63, 3.8) is 0 Å². The zero-order chi connectivity index (χ0) is 20.5. The van der Waals surface area contributed by atoms with Crippen LogP contribution in [-0.2, 0) is 4.79 Å². The van der Waals surface area contributed by atoms with Crippen LogP contribution in [0.5, 0.6) is 0 Å². The van der Waals surface area contributed by atoms with Crippen molar-refractivity contribution >= 4 is 5.91 Å². The lowest BCUT2D eigenvalue weighted by atomic mass is 10.0. The molecule has 0 aliphatic carbocycles. The molecular formula is C24H50N2O2. The third-order valence-corrected chi connectivity index (χ3v) is 5.37. The maximum Gasteiger partial charge on any atom is 0.219 e. The Bertz CT molecular complexity index is 311. The van der Waals surface area contributed by atoms with Crippen LogP contribution in [0.4, 0.5) is 0 Å². The van der Waals surface area contributed by atoms with Crippen molar-refractivity contribution in [3.05, 3.63) is 0 Å². The van der Waals surface area contributed by atoms with Crippen molar-refractivity contribution in [2.24, 2.45) is 0 Å². The van der Waals surface area contributed by atoms with Gasteiger partial charge in [0.25, 0.3) is 0 Å². The van der Waals surface area contributed by atoms with Gasteiger partial charge in [-0.1, -0.05) is 96.8 Å². The second-order valence-electron chi connectivity index (χ2n) is 8.23. The molecule has 0 aromatic rings. The lowest BCUT2D eigenvalue weighted by molar-refractivity contribution is -0.121. The van der Waals surface area contributed by atoms with Gasteiger partial charge < -0.3 is 15.7 Å². The van der Waals surface area contributed by atoms with Crippen LogP contribution in [0.15, 0.2) is 0 Å². The van der Waals surface area contributed by atoms with Crippen molar-refractivity contribution in [3.8, 4) is 0 Å². The molecule has 0 rings (SSSR count). The number of carbonyl (C=O) groups is 1. The largest absolute Gasteiger partial charge is 0.396 e. The Morgan fingerprint density at radius 1 is 0.607 bits per heavy atom. The number of carbonyl (C=O) groups excluding carboxylic acids is 1. The average molecular weight is 399 g/mol. The van der Waals surface area contributed by atoms with E-state index in [0.29, 0.717) is 6.42 Å². The van der Waals surface area contributed by atoms with Crippen LogP contribution in [0.3, 0.4) is 0 Å². The summed E-state index contributed by atoms with van der Waals surface area (Å²) in [6, 6.07) is 0. The molecule has 0 aliphatic rings. The van der Waals surface area contributed by atoms with E-state index in [0.717, 1.165) is 38.9 Å². The van der Waals surface area contributed by atoms with E-state index in [-0.39, 0.29) is 12.5 Å². The van der Waals surface area contributed by atoms with Gasteiger partial charge in [-0.2, -0.15) is 0 Å². The molecule has 3 N–H and O–H groups in total. The summed E-state index contributed by atoms with van der Waals surface area (Å²) in [5.41, 5.74) is 0. The van der Waals surface area contributed by atoms with Gasteiger partial charge in [0.15, 0.2) is 0 Å². The van der Waals surface area contributed by atoms with Crippen LogP contribution in [0, 0.1) is 0 Å². The molecule has 1 amide bonds. The first-order valence-corrected chi connectivity index (χ1v) is 12.4. The standard InChI is InChI=1S/C24H50N2O2/c1-2-3-4-5-6-7-8-9-10-11-12-13-14-15-16-19-24(28)26-22-17-20-25-21-18-23-27/h25,27H,2-23H2,1H3,(H,26,28). The minimum absolute atomic E-state index is 0.199. The Balaban J connectivity index is 3.11. The predicted molar refractivity (Wildman–Crippen MR) is 122 cm³/mol. The molecule has 0 fully saturated rings. The second-order valence-corrected chi connectivity index (χ2v) is 8.23. The monoisotopic (exact) mass is 398 g/mol. The van der Waals surface area contributed by atoms with Gasteiger partial charge in [0.1, 0.15) is 0 Å². The number of aliphatic hydroxyl groups excluding tert-OH is 1. The van der Waals surface area contributed by atoms with Crippen molar-refractivity contribution < 1.29 is 9.90 Å². The molecule has 168 valence electrons. The predicted octanol–water partition coefficient (Wildman–Crippen LogP) is 5.73. The molecule has 0 heterocycles. The van der Waals surface area contributed by atoms with Gasteiger partial charge in [-0.15, -0.1) is 0 Å². The molecule has 0 saturated heterocycles. The number of unbranched alkanes of at least 4 members (excludes halogenated alkanes) is 14. The highest BCUT2D eigenvalue weighted by Crippen LogP contribution is 2.13. The summed E-state index contributed by atoms with van der Waals surface area (Å²) in [7, 11) is 0. The minimum Gasteiger partial charge on any atom is -0.396 e. The number of aliphatic hydroxyl groups is 1. The van der Waals surface area contributed by atoms with Gasteiger partial charge in [0.2, 0.25) is 5.91 Å². The van der Waals surface area contributed by atoms with E-state index in [1.807, 2.05) is 0 Å². The maximum absolute atomic E-state index is 11.7. The Morgan fingerprint density at radius 2 is 1.07 bits per heavy atom. The van der Waals surface area contributed by atoms with Crippen molar-refractivity contribution in [1.82, 2.24) is 10.6 Å². The average Bonchev–Trinajstić information content (AvgIpc) is 2.70. The molecule has 0 atom stereocenters. The highest BCUT2D eigenvalue weighted by molar-refractivity contribution is 5.75. The Kier molecular flexibility index (Phi) is 23.9. The smallest absolute Gasteiger partial charge is 0.219 e. The molecule has 0 unspecified atom stereocenters. The summed E-state index contributed by atoms with van der Waals surface area (Å²) in [5.74, 6) is 0.199. The number of hydrogen-bond acceptors (Lipinski definition) is 3. The lowest BCUT2D eigenvalue weighted by Crippen LogP contribution is -2.27. The highest BCUT2D eigenvalue weighted by Gasteiger charge is 2.00. The van der Waals surface area contributed by atoms with Crippen molar-refractivity contribution in [2.75, 3.05) is 26.2 Å². The molecule has 4 nitrogen and oxygen atoms in total. The summed E-state index contributed by atoms with van der Waals surface area (Å²) in [4.78, 5) is 11.7. The summed E-state index contributed by atoms with van der Waals surface area (Å²) in [6.07, 6.45) is 22.8. The topological polar surface area (TPSA) is 61.4 Å². The fraction of sp³-hybridized carbons (Fsp3) is 0.958. The molecule has 0 bridgehead atoms. The Morgan fingerprint density at radius 3 is 1.57 bits per heavy atom. The Labute approximate surface area is 175 Å². The van der Waals surface area contributed by atoms with Crippen LogP contribution >= 0.6 is 0 Å². The van der Waals surface area contributed by atoms with E-state index < -0.39 is 0 Å². The molecule has 0 aromatic heterocycles. The van der Waals surface area contributed by atoms with Gasteiger partial charge >= 0.3 is 0 Å². The van der Waals surface area contributed by atoms with Gasteiger partial charge in [-0.25, -0.2) is 0 Å². The van der Waals surface area contributed by atoms with E-state index in [9.17, 15) is 4.79 Å². The Hall–Kier alpha value is -0.610. The molecule has 28 heavy (non-hydrogen) atoms. The summed E-state index contributed by atoms with van der Waals surface area (Å²) >= 11 is 0. The van der Waals surface area contributed by atoms with Gasteiger partial charge in [-0.3, -0.25) is 4.79 Å². The van der Waals surface area contributed by atoms with Crippen molar-refractivity contribution in [2.45, 2.75) is 122 Å². The summed E-state index contributed by atoms with van der Waals surface area (Å²) in [6.45, 7) is 5.02. The first-order chi connectivity index (χ1) is 13.8. The van der Waals surface area contributed by atoms with Gasteiger partial charge in [0, 0.05) is 19.6 Å². The third-order valence-electron chi connectivity index (χ3n) is 5.37. The number of hydrogen-bond donors (Lipinski definition) is 3. The first-order valence-electron chi connectivity index (χ1n) is 12.4.